The lowest BCUT2D eigenvalue weighted by Gasteiger charge is -2.18. The predicted octanol–water partition coefficient (Wildman–Crippen LogP) is 18.3. The highest BCUT2D eigenvalue weighted by Gasteiger charge is 2.19. The highest BCUT2D eigenvalue weighted by atomic mass is 16.6. The number of esters is 3. The lowest BCUT2D eigenvalue weighted by molar-refractivity contribution is -0.167. The summed E-state index contributed by atoms with van der Waals surface area (Å²) in [6.07, 6.45) is 73.6. The molecule has 0 heterocycles. The molecule has 1 atom stereocenters. The lowest BCUT2D eigenvalue weighted by atomic mass is 10.1. The zero-order valence-electron chi connectivity index (χ0n) is 43.4. The average molecular weight is 929 g/mol. The summed E-state index contributed by atoms with van der Waals surface area (Å²) in [4.78, 5) is 38.1. The summed E-state index contributed by atoms with van der Waals surface area (Å²) in [6, 6.07) is 0. The van der Waals surface area contributed by atoms with Gasteiger partial charge in [0.05, 0.1) is 0 Å². The molecule has 0 fully saturated rings. The zero-order chi connectivity index (χ0) is 48.6. The Hall–Kier alpha value is -3.93. The van der Waals surface area contributed by atoms with E-state index in [1.807, 2.05) is 0 Å². The normalized spacial score (nSPS) is 12.9. The van der Waals surface area contributed by atoms with Crippen LogP contribution in [-0.4, -0.2) is 37.2 Å². The molecule has 0 bridgehead atoms. The first-order valence-corrected chi connectivity index (χ1v) is 27.4. The molecule has 0 amide bonds. The molecular formula is C61H100O6. The summed E-state index contributed by atoms with van der Waals surface area (Å²) >= 11 is 0. The van der Waals surface area contributed by atoms with Crippen LogP contribution in [0.15, 0.2) is 109 Å². The van der Waals surface area contributed by atoms with E-state index in [4.69, 9.17) is 14.2 Å². The SMILES string of the molecule is CC/C=C\C/C=C\C/C=C\CCCCCCCC(=O)OC[C@H](COC(=O)CCCCCC/C=C\C/C=C\C/C=C\CCCCC)OC(=O)CCC/C=C\C/C=C\C/C=C\CCCCCCCC. The molecule has 0 unspecified atom stereocenters. The molecule has 0 saturated heterocycles. The summed E-state index contributed by atoms with van der Waals surface area (Å²) in [7, 11) is 0. The van der Waals surface area contributed by atoms with Crippen molar-refractivity contribution in [2.75, 3.05) is 13.2 Å². The fourth-order valence-electron chi connectivity index (χ4n) is 7.13. The number of hydrogen-bond acceptors (Lipinski definition) is 6. The maximum absolute atomic E-state index is 12.8. The Balaban J connectivity index is 4.55. The quantitative estimate of drug-likeness (QED) is 0.0262. The molecule has 67 heavy (non-hydrogen) atoms. The maximum atomic E-state index is 12.8. The van der Waals surface area contributed by atoms with Gasteiger partial charge < -0.3 is 14.2 Å². The number of allylic oxidation sites excluding steroid dienone is 18. The summed E-state index contributed by atoms with van der Waals surface area (Å²) in [6.45, 7) is 6.41. The molecule has 0 aliphatic heterocycles. The van der Waals surface area contributed by atoms with Crippen molar-refractivity contribution in [3.63, 3.8) is 0 Å². The van der Waals surface area contributed by atoms with E-state index in [9.17, 15) is 14.4 Å². The molecule has 380 valence electrons. The van der Waals surface area contributed by atoms with Gasteiger partial charge in [-0.15, -0.1) is 0 Å². The van der Waals surface area contributed by atoms with Crippen LogP contribution in [0.2, 0.25) is 0 Å². The largest absolute Gasteiger partial charge is 0.462 e. The monoisotopic (exact) mass is 929 g/mol. The molecule has 0 rings (SSSR count). The minimum Gasteiger partial charge on any atom is -0.462 e. The van der Waals surface area contributed by atoms with Crippen LogP contribution in [-0.2, 0) is 28.6 Å². The second kappa shape index (κ2) is 54.7. The molecule has 0 aromatic rings. The van der Waals surface area contributed by atoms with Gasteiger partial charge in [0.2, 0.25) is 0 Å². The van der Waals surface area contributed by atoms with Crippen LogP contribution in [0.4, 0.5) is 0 Å². The average Bonchev–Trinajstić information content (AvgIpc) is 3.33. The summed E-state index contributed by atoms with van der Waals surface area (Å²) < 4.78 is 16.8. The van der Waals surface area contributed by atoms with Gasteiger partial charge in [0.15, 0.2) is 6.10 Å². The van der Waals surface area contributed by atoms with Gasteiger partial charge in [-0.3, -0.25) is 14.4 Å². The molecule has 0 spiro atoms. The Morgan fingerprint density at radius 2 is 0.597 bits per heavy atom. The smallest absolute Gasteiger partial charge is 0.306 e. The van der Waals surface area contributed by atoms with Crippen molar-refractivity contribution < 1.29 is 28.6 Å². The van der Waals surface area contributed by atoms with Crippen LogP contribution in [0.1, 0.15) is 239 Å². The Bertz CT molecular complexity index is 1390. The van der Waals surface area contributed by atoms with E-state index in [0.29, 0.717) is 19.3 Å². The van der Waals surface area contributed by atoms with E-state index in [0.717, 1.165) is 122 Å². The van der Waals surface area contributed by atoms with Crippen molar-refractivity contribution in [2.45, 2.75) is 245 Å². The van der Waals surface area contributed by atoms with Gasteiger partial charge in [-0.05, 0) is 122 Å². The van der Waals surface area contributed by atoms with Gasteiger partial charge >= 0.3 is 17.9 Å². The van der Waals surface area contributed by atoms with Crippen LogP contribution >= 0.6 is 0 Å². The number of ether oxygens (including phenoxy) is 3. The highest BCUT2D eigenvalue weighted by Crippen LogP contribution is 2.12. The minimum absolute atomic E-state index is 0.116. The number of hydrogen-bond donors (Lipinski definition) is 0. The Labute approximate surface area is 412 Å². The van der Waals surface area contributed by atoms with E-state index in [1.54, 1.807) is 0 Å². The molecule has 0 aliphatic carbocycles. The van der Waals surface area contributed by atoms with E-state index < -0.39 is 6.10 Å². The van der Waals surface area contributed by atoms with Gasteiger partial charge in [-0.2, -0.15) is 0 Å². The number of unbranched alkanes of at least 4 members (excludes halogenated alkanes) is 19. The molecule has 0 aliphatic rings. The van der Waals surface area contributed by atoms with E-state index in [-0.39, 0.29) is 37.5 Å². The van der Waals surface area contributed by atoms with E-state index in [1.165, 1.54) is 70.6 Å². The van der Waals surface area contributed by atoms with Gasteiger partial charge in [0.1, 0.15) is 13.2 Å². The second-order valence-electron chi connectivity index (χ2n) is 17.7. The number of carbonyl (C=O) groups is 3. The molecule has 0 aromatic carbocycles. The summed E-state index contributed by atoms with van der Waals surface area (Å²) in [5.41, 5.74) is 0. The first-order chi connectivity index (χ1) is 33.0. The number of rotatable bonds is 48. The van der Waals surface area contributed by atoms with Crippen molar-refractivity contribution in [3.05, 3.63) is 109 Å². The number of carbonyl (C=O) groups excluding carboxylic acids is 3. The van der Waals surface area contributed by atoms with Crippen molar-refractivity contribution in [3.8, 4) is 0 Å². The predicted molar refractivity (Wildman–Crippen MR) is 288 cm³/mol. The molecule has 0 saturated carbocycles. The van der Waals surface area contributed by atoms with Gasteiger partial charge in [-0.25, -0.2) is 0 Å². The molecule has 6 nitrogen and oxygen atoms in total. The second-order valence-corrected chi connectivity index (χ2v) is 17.7. The third kappa shape index (κ3) is 52.9. The molecule has 0 N–H and O–H groups in total. The van der Waals surface area contributed by atoms with Crippen molar-refractivity contribution in [1.29, 1.82) is 0 Å². The lowest BCUT2D eigenvalue weighted by Crippen LogP contribution is -2.30. The highest BCUT2D eigenvalue weighted by molar-refractivity contribution is 5.71. The Morgan fingerprint density at radius 3 is 0.985 bits per heavy atom. The van der Waals surface area contributed by atoms with Crippen LogP contribution in [0.3, 0.4) is 0 Å². The molecule has 6 heteroatoms. The van der Waals surface area contributed by atoms with Crippen molar-refractivity contribution in [1.82, 2.24) is 0 Å². The molecule has 0 aromatic heterocycles. The van der Waals surface area contributed by atoms with Crippen LogP contribution < -0.4 is 0 Å². The maximum Gasteiger partial charge on any atom is 0.306 e. The van der Waals surface area contributed by atoms with Gasteiger partial charge in [-0.1, -0.05) is 207 Å². The third-order valence-corrected chi connectivity index (χ3v) is 11.2. The van der Waals surface area contributed by atoms with Crippen molar-refractivity contribution >= 4 is 17.9 Å². The standard InChI is InChI=1S/C61H100O6/c1-4-7-10-13-16-19-22-25-28-30-33-36-39-42-45-48-51-54-60(63)66-57-58(56-65-59(62)53-50-47-44-41-38-35-32-27-24-21-18-15-12-9-6-3)67-61(64)55-52-49-46-43-40-37-34-31-29-26-23-20-17-14-11-8-5-2/h9,12,16,18-19,21,25-29,32-34,36-37,43,46,58H,4-8,10-11,13-15,17,20,22-24,30-31,35,38-42,44-45,47-57H2,1-3H3/b12-9-,19-16-,21-18-,28-25-,29-26-,32-27-,36-33-,37-34-,46-43-/t58-/m1/s1. The molecular weight excluding hydrogens is 829 g/mol. The fraction of sp³-hybridized carbons (Fsp3) is 0.656. The van der Waals surface area contributed by atoms with Gasteiger partial charge in [0.25, 0.3) is 0 Å². The molecule has 0 radical (unpaired) electrons. The van der Waals surface area contributed by atoms with Crippen LogP contribution in [0.25, 0.3) is 0 Å². The third-order valence-electron chi connectivity index (χ3n) is 11.2. The summed E-state index contributed by atoms with van der Waals surface area (Å²) in [5.74, 6) is -1.01. The first-order valence-electron chi connectivity index (χ1n) is 27.4. The summed E-state index contributed by atoms with van der Waals surface area (Å²) in [5, 5.41) is 0. The van der Waals surface area contributed by atoms with Gasteiger partial charge in [0, 0.05) is 19.3 Å². The first kappa shape index (κ1) is 63.1. The topological polar surface area (TPSA) is 78.9 Å². The van der Waals surface area contributed by atoms with Crippen LogP contribution in [0.5, 0.6) is 0 Å². The van der Waals surface area contributed by atoms with E-state index in [2.05, 4.69) is 130 Å². The Kier molecular flexibility index (Phi) is 51.5. The minimum atomic E-state index is -0.823. The zero-order valence-corrected chi connectivity index (χ0v) is 43.4. The van der Waals surface area contributed by atoms with Crippen LogP contribution in [0, 0.1) is 0 Å². The fourth-order valence-corrected chi connectivity index (χ4v) is 7.13. The van der Waals surface area contributed by atoms with E-state index >= 15 is 0 Å². The van der Waals surface area contributed by atoms with Crippen molar-refractivity contribution in [2.24, 2.45) is 0 Å². The Morgan fingerprint density at radius 1 is 0.313 bits per heavy atom.